The van der Waals surface area contributed by atoms with Gasteiger partial charge in [-0.25, -0.2) is 4.98 Å². The van der Waals surface area contributed by atoms with Crippen molar-refractivity contribution < 1.29 is 4.79 Å². The first-order valence-electron chi connectivity index (χ1n) is 5.73. The lowest BCUT2D eigenvalue weighted by molar-refractivity contribution is -0.119. The van der Waals surface area contributed by atoms with Crippen molar-refractivity contribution in [1.82, 2.24) is 9.55 Å². The van der Waals surface area contributed by atoms with Gasteiger partial charge < -0.3 is 10.3 Å². The van der Waals surface area contributed by atoms with E-state index in [-0.39, 0.29) is 5.78 Å². The average molecular weight is 223 g/mol. The summed E-state index contributed by atoms with van der Waals surface area (Å²) in [7, 11) is 0. The van der Waals surface area contributed by atoms with Crippen molar-refractivity contribution in [2.75, 3.05) is 0 Å². The van der Waals surface area contributed by atoms with Crippen LogP contribution in [0.5, 0.6) is 0 Å². The summed E-state index contributed by atoms with van der Waals surface area (Å²) in [5.41, 5.74) is 5.38. The van der Waals surface area contributed by atoms with Crippen LogP contribution in [0.4, 0.5) is 0 Å². The number of aromatic nitrogens is 2. The molecule has 0 saturated heterocycles. The third kappa shape index (κ3) is 4.14. The van der Waals surface area contributed by atoms with Gasteiger partial charge in [-0.15, -0.1) is 0 Å². The van der Waals surface area contributed by atoms with Crippen molar-refractivity contribution in [3.63, 3.8) is 0 Å². The quantitative estimate of drug-likeness (QED) is 0.795. The number of nitrogens with zero attached hydrogens (tertiary/aromatic N) is 2. The summed E-state index contributed by atoms with van der Waals surface area (Å²) >= 11 is 0. The number of nitrogens with two attached hydrogens (primary N) is 1. The van der Waals surface area contributed by atoms with Gasteiger partial charge in [-0.1, -0.05) is 6.92 Å². The zero-order chi connectivity index (χ0) is 12.2. The van der Waals surface area contributed by atoms with E-state index < -0.39 is 5.54 Å². The van der Waals surface area contributed by atoms with Crippen LogP contribution in [0.15, 0.2) is 12.4 Å². The maximum absolute atomic E-state index is 11.7. The molecule has 0 amide bonds. The highest BCUT2D eigenvalue weighted by Crippen LogP contribution is 2.08. The Morgan fingerprint density at radius 3 is 2.81 bits per heavy atom. The molecule has 4 nitrogen and oxygen atoms in total. The standard InChI is InChI=1S/C12H21N3O/c1-4-6-15-7-5-14-11(15)8-10(16)9-12(2,3)13/h5,7H,4,6,8-9,13H2,1-3H3. The highest BCUT2D eigenvalue weighted by molar-refractivity contribution is 5.81. The fourth-order valence-corrected chi connectivity index (χ4v) is 1.70. The van der Waals surface area contributed by atoms with Crippen molar-refractivity contribution in [3.8, 4) is 0 Å². The highest BCUT2D eigenvalue weighted by Gasteiger charge is 2.17. The summed E-state index contributed by atoms with van der Waals surface area (Å²) in [6.07, 6.45) is 5.48. The van der Waals surface area contributed by atoms with Crippen molar-refractivity contribution in [2.24, 2.45) is 5.73 Å². The predicted octanol–water partition coefficient (Wildman–Crippen LogP) is 1.53. The Morgan fingerprint density at radius 1 is 1.56 bits per heavy atom. The van der Waals surface area contributed by atoms with Crippen LogP contribution in [0.2, 0.25) is 0 Å². The molecule has 0 fully saturated rings. The molecule has 90 valence electrons. The lowest BCUT2D eigenvalue weighted by Crippen LogP contribution is -2.35. The van der Waals surface area contributed by atoms with E-state index in [1.807, 2.05) is 24.6 Å². The van der Waals surface area contributed by atoms with Gasteiger partial charge in [-0.3, -0.25) is 4.79 Å². The van der Waals surface area contributed by atoms with E-state index in [2.05, 4.69) is 11.9 Å². The number of hydrogen-bond donors (Lipinski definition) is 1. The van der Waals surface area contributed by atoms with Gasteiger partial charge in [0.1, 0.15) is 11.6 Å². The highest BCUT2D eigenvalue weighted by atomic mass is 16.1. The number of Topliss-reactive ketones (excluding diaryl/α,β-unsaturated/α-hetero) is 1. The largest absolute Gasteiger partial charge is 0.335 e. The van der Waals surface area contributed by atoms with Crippen LogP contribution in [-0.4, -0.2) is 20.9 Å². The molecule has 0 aliphatic heterocycles. The molecule has 0 aromatic carbocycles. The van der Waals surface area contributed by atoms with E-state index in [0.717, 1.165) is 18.8 Å². The van der Waals surface area contributed by atoms with Crippen LogP contribution in [-0.2, 0) is 17.8 Å². The lowest BCUT2D eigenvalue weighted by Gasteiger charge is -2.17. The van der Waals surface area contributed by atoms with E-state index in [1.54, 1.807) is 6.20 Å². The molecular weight excluding hydrogens is 202 g/mol. The minimum absolute atomic E-state index is 0.149. The Balaban J connectivity index is 2.59. The Labute approximate surface area is 96.9 Å². The number of carbonyl (C=O) groups excluding carboxylic acids is 1. The minimum Gasteiger partial charge on any atom is -0.335 e. The second-order valence-electron chi connectivity index (χ2n) is 4.92. The topological polar surface area (TPSA) is 60.9 Å². The van der Waals surface area contributed by atoms with Crippen LogP contribution >= 0.6 is 0 Å². The first-order chi connectivity index (χ1) is 7.42. The van der Waals surface area contributed by atoms with Crippen LogP contribution < -0.4 is 5.73 Å². The molecule has 1 heterocycles. The molecule has 16 heavy (non-hydrogen) atoms. The summed E-state index contributed by atoms with van der Waals surface area (Å²) in [6, 6.07) is 0. The van der Waals surface area contributed by atoms with Gasteiger partial charge in [-0.2, -0.15) is 0 Å². The number of ketones is 1. The monoisotopic (exact) mass is 223 g/mol. The van der Waals surface area contributed by atoms with Crippen LogP contribution in [0.25, 0.3) is 0 Å². The first kappa shape index (κ1) is 12.9. The SMILES string of the molecule is CCCn1ccnc1CC(=O)CC(C)(C)N. The maximum atomic E-state index is 11.7. The molecule has 0 saturated carbocycles. The second-order valence-corrected chi connectivity index (χ2v) is 4.92. The van der Waals surface area contributed by atoms with Gasteiger partial charge in [0, 0.05) is 30.9 Å². The van der Waals surface area contributed by atoms with Gasteiger partial charge in [0.25, 0.3) is 0 Å². The molecule has 4 heteroatoms. The molecule has 0 aliphatic rings. The van der Waals surface area contributed by atoms with Crippen LogP contribution in [0.3, 0.4) is 0 Å². The summed E-state index contributed by atoms with van der Waals surface area (Å²) in [5.74, 6) is 0.993. The van der Waals surface area contributed by atoms with E-state index in [9.17, 15) is 4.79 Å². The van der Waals surface area contributed by atoms with Gasteiger partial charge in [0.15, 0.2) is 0 Å². The summed E-state index contributed by atoms with van der Waals surface area (Å²) in [5, 5.41) is 0. The lowest BCUT2D eigenvalue weighted by atomic mass is 9.98. The van der Waals surface area contributed by atoms with Gasteiger partial charge in [0.2, 0.25) is 0 Å². The summed E-state index contributed by atoms with van der Waals surface area (Å²) < 4.78 is 2.03. The van der Waals surface area contributed by atoms with Crippen molar-refractivity contribution >= 4 is 5.78 Å². The van der Waals surface area contributed by atoms with Crippen LogP contribution in [0.1, 0.15) is 39.4 Å². The fourth-order valence-electron chi connectivity index (χ4n) is 1.70. The van der Waals surface area contributed by atoms with Gasteiger partial charge in [-0.05, 0) is 20.3 Å². The molecule has 1 aromatic heterocycles. The minimum atomic E-state index is -0.431. The third-order valence-electron chi connectivity index (χ3n) is 2.27. The number of imidazole rings is 1. The summed E-state index contributed by atoms with van der Waals surface area (Å²) in [4.78, 5) is 16.0. The fraction of sp³-hybridized carbons (Fsp3) is 0.667. The Hall–Kier alpha value is -1.16. The first-order valence-corrected chi connectivity index (χ1v) is 5.73. The molecule has 0 unspecified atom stereocenters. The number of aryl methyl sites for hydroxylation is 1. The Kier molecular flexibility index (Phi) is 4.24. The molecule has 0 bridgehead atoms. The van der Waals surface area contributed by atoms with Gasteiger partial charge >= 0.3 is 0 Å². The average Bonchev–Trinajstić information content (AvgIpc) is 2.50. The smallest absolute Gasteiger partial charge is 0.142 e. The second kappa shape index (κ2) is 5.25. The number of rotatable bonds is 6. The molecule has 1 rings (SSSR count). The van der Waals surface area contributed by atoms with Crippen molar-refractivity contribution in [3.05, 3.63) is 18.2 Å². The molecule has 0 atom stereocenters. The van der Waals surface area contributed by atoms with Crippen LogP contribution in [0, 0.1) is 0 Å². The number of hydrogen-bond acceptors (Lipinski definition) is 3. The van der Waals surface area contributed by atoms with E-state index in [0.29, 0.717) is 12.8 Å². The van der Waals surface area contributed by atoms with E-state index in [4.69, 9.17) is 5.73 Å². The molecule has 0 aliphatic carbocycles. The third-order valence-corrected chi connectivity index (χ3v) is 2.27. The molecule has 0 radical (unpaired) electrons. The maximum Gasteiger partial charge on any atom is 0.142 e. The predicted molar refractivity (Wildman–Crippen MR) is 64.1 cm³/mol. The van der Waals surface area contributed by atoms with E-state index in [1.165, 1.54) is 0 Å². The van der Waals surface area contributed by atoms with Gasteiger partial charge in [0.05, 0.1) is 6.42 Å². The zero-order valence-electron chi connectivity index (χ0n) is 10.4. The normalized spacial score (nSPS) is 11.8. The molecular formula is C12H21N3O. The zero-order valence-corrected chi connectivity index (χ0v) is 10.4. The van der Waals surface area contributed by atoms with Crippen molar-refractivity contribution in [1.29, 1.82) is 0 Å². The Morgan fingerprint density at radius 2 is 2.25 bits per heavy atom. The molecule has 0 spiro atoms. The van der Waals surface area contributed by atoms with Crippen molar-refractivity contribution in [2.45, 2.75) is 52.1 Å². The summed E-state index contributed by atoms with van der Waals surface area (Å²) in [6.45, 7) is 6.75. The Bertz CT molecular complexity index is 349. The molecule has 2 N–H and O–H groups in total. The number of carbonyl (C=O) groups is 1. The van der Waals surface area contributed by atoms with E-state index >= 15 is 0 Å². The molecule has 1 aromatic rings.